The van der Waals surface area contributed by atoms with Gasteiger partial charge in [-0.1, -0.05) is 12.1 Å². The molecule has 0 atom stereocenters. The van der Waals surface area contributed by atoms with Gasteiger partial charge in [0.15, 0.2) is 0 Å². The zero-order chi connectivity index (χ0) is 14.3. The molecule has 0 amide bonds. The fourth-order valence-corrected chi connectivity index (χ4v) is 3.18. The molecule has 1 aliphatic rings. The third-order valence-electron chi connectivity index (χ3n) is 4.42. The minimum Gasteiger partial charge on any atom is -0.481 e. The summed E-state index contributed by atoms with van der Waals surface area (Å²) in [6.07, 6.45) is 4.01. The lowest BCUT2D eigenvalue weighted by Gasteiger charge is -2.14. The fourth-order valence-electron chi connectivity index (χ4n) is 3.18. The monoisotopic (exact) mass is 269 g/mol. The first-order valence-electron chi connectivity index (χ1n) is 7.20. The van der Waals surface area contributed by atoms with Crippen LogP contribution in [0.5, 0.6) is 0 Å². The van der Waals surface area contributed by atoms with E-state index in [1.165, 1.54) is 27.9 Å². The van der Waals surface area contributed by atoms with Crippen LogP contribution in [-0.4, -0.2) is 16.1 Å². The van der Waals surface area contributed by atoms with Crippen LogP contribution in [0.2, 0.25) is 0 Å². The number of hydrogen-bond acceptors (Lipinski definition) is 2. The summed E-state index contributed by atoms with van der Waals surface area (Å²) in [6.45, 7) is 4.20. The molecule has 0 bridgehead atoms. The van der Waals surface area contributed by atoms with E-state index in [1.54, 1.807) is 0 Å². The molecular weight excluding hydrogens is 250 g/mol. The molecule has 0 fully saturated rings. The second-order valence-electron chi connectivity index (χ2n) is 5.67. The zero-order valence-electron chi connectivity index (χ0n) is 12.0. The predicted molar refractivity (Wildman–Crippen MR) is 79.2 cm³/mol. The largest absolute Gasteiger partial charge is 0.481 e. The molecule has 20 heavy (non-hydrogen) atoms. The minimum absolute atomic E-state index is 0.193. The molecule has 0 aliphatic heterocycles. The van der Waals surface area contributed by atoms with E-state index in [1.807, 2.05) is 0 Å². The molecule has 1 N–H and O–H groups in total. The van der Waals surface area contributed by atoms with Gasteiger partial charge in [-0.25, -0.2) is 0 Å². The molecule has 1 aromatic heterocycles. The Morgan fingerprint density at radius 1 is 1.30 bits per heavy atom. The normalized spacial score (nSPS) is 13.7. The first-order valence-corrected chi connectivity index (χ1v) is 7.20. The third kappa shape index (κ3) is 2.07. The summed E-state index contributed by atoms with van der Waals surface area (Å²) in [7, 11) is 0. The van der Waals surface area contributed by atoms with Crippen LogP contribution in [0.1, 0.15) is 40.8 Å². The molecule has 0 saturated heterocycles. The van der Waals surface area contributed by atoms with Crippen LogP contribution in [0.15, 0.2) is 12.1 Å². The summed E-state index contributed by atoms with van der Waals surface area (Å²) >= 11 is 0. The van der Waals surface area contributed by atoms with Gasteiger partial charge in [0.1, 0.15) is 0 Å². The van der Waals surface area contributed by atoms with E-state index in [2.05, 4.69) is 26.0 Å². The number of carbonyl (C=O) groups is 1. The van der Waals surface area contributed by atoms with Crippen molar-refractivity contribution in [1.29, 1.82) is 0 Å². The topological polar surface area (TPSA) is 50.2 Å². The highest BCUT2D eigenvalue weighted by atomic mass is 16.4. The number of rotatable bonds is 3. The van der Waals surface area contributed by atoms with Gasteiger partial charge in [-0.2, -0.15) is 0 Å². The van der Waals surface area contributed by atoms with Gasteiger partial charge in [0, 0.05) is 17.5 Å². The van der Waals surface area contributed by atoms with Gasteiger partial charge < -0.3 is 5.11 Å². The zero-order valence-corrected chi connectivity index (χ0v) is 12.0. The van der Waals surface area contributed by atoms with Crippen LogP contribution in [0, 0.1) is 13.8 Å². The number of hydrogen-bond donors (Lipinski definition) is 1. The second kappa shape index (κ2) is 4.89. The average Bonchev–Trinajstić information content (AvgIpc) is 2.87. The van der Waals surface area contributed by atoms with E-state index >= 15 is 0 Å². The minimum atomic E-state index is -0.731. The molecule has 1 aliphatic carbocycles. The summed E-state index contributed by atoms with van der Waals surface area (Å²) in [5.74, 6) is -0.731. The van der Waals surface area contributed by atoms with Crippen molar-refractivity contribution in [2.75, 3.05) is 0 Å². The summed E-state index contributed by atoms with van der Waals surface area (Å²) in [5.41, 5.74) is 7.23. The lowest BCUT2D eigenvalue weighted by Crippen LogP contribution is -2.04. The van der Waals surface area contributed by atoms with Crippen molar-refractivity contribution in [2.45, 2.75) is 46.0 Å². The van der Waals surface area contributed by atoms with Crippen molar-refractivity contribution in [3.05, 3.63) is 40.1 Å². The van der Waals surface area contributed by atoms with E-state index < -0.39 is 5.97 Å². The maximum absolute atomic E-state index is 10.9. The van der Waals surface area contributed by atoms with Crippen LogP contribution in [0.25, 0.3) is 10.9 Å². The van der Waals surface area contributed by atoms with Crippen LogP contribution in [-0.2, 0) is 24.1 Å². The second-order valence-corrected chi connectivity index (χ2v) is 5.67. The lowest BCUT2D eigenvalue weighted by atomic mass is 9.94. The Labute approximate surface area is 118 Å². The van der Waals surface area contributed by atoms with Crippen LogP contribution in [0.4, 0.5) is 0 Å². The van der Waals surface area contributed by atoms with Gasteiger partial charge in [0.2, 0.25) is 0 Å². The maximum atomic E-state index is 10.9. The van der Waals surface area contributed by atoms with Crippen LogP contribution < -0.4 is 0 Å². The van der Waals surface area contributed by atoms with E-state index in [0.29, 0.717) is 6.42 Å². The number of aromatic nitrogens is 1. The number of nitrogens with zero attached hydrogens (tertiary/aromatic N) is 1. The van der Waals surface area contributed by atoms with Gasteiger partial charge in [0.25, 0.3) is 0 Å². The molecule has 3 heteroatoms. The first kappa shape index (κ1) is 13.1. The number of pyridine rings is 1. The number of aliphatic carboxylic acids is 1. The number of fused-ring (bicyclic) bond motifs is 2. The molecule has 0 radical (unpaired) electrons. The molecule has 104 valence electrons. The Morgan fingerprint density at radius 3 is 2.85 bits per heavy atom. The molecule has 0 saturated carbocycles. The third-order valence-corrected chi connectivity index (χ3v) is 4.42. The number of carboxylic acid groups (broad SMARTS) is 1. The van der Waals surface area contributed by atoms with Gasteiger partial charge in [0.05, 0.1) is 5.52 Å². The average molecular weight is 269 g/mol. The fraction of sp³-hybridized carbons (Fsp3) is 0.412. The van der Waals surface area contributed by atoms with E-state index in [0.717, 1.165) is 30.2 Å². The standard InChI is InChI=1S/C17H19NO2/c1-10-6-7-14-12(8-9-16(19)20)13-4-3-5-15(13)18-17(14)11(10)2/h6-7H,3-5,8-9H2,1-2H3,(H,19,20). The maximum Gasteiger partial charge on any atom is 0.303 e. The highest BCUT2D eigenvalue weighted by Crippen LogP contribution is 2.32. The molecule has 0 unspecified atom stereocenters. The number of benzene rings is 1. The Hall–Kier alpha value is -1.90. The highest BCUT2D eigenvalue weighted by molar-refractivity contribution is 5.88. The smallest absolute Gasteiger partial charge is 0.303 e. The summed E-state index contributed by atoms with van der Waals surface area (Å²) in [4.78, 5) is 15.8. The Balaban J connectivity index is 2.24. The molecule has 3 nitrogen and oxygen atoms in total. The van der Waals surface area contributed by atoms with Crippen molar-refractivity contribution in [3.63, 3.8) is 0 Å². The SMILES string of the molecule is Cc1ccc2c(CCC(=O)O)c3c(nc2c1C)CCC3. The van der Waals surface area contributed by atoms with Gasteiger partial charge in [-0.05, 0) is 61.8 Å². The number of aryl methyl sites for hydroxylation is 4. The molecule has 1 heterocycles. The number of carboxylic acids is 1. The molecule has 0 spiro atoms. The first-order chi connectivity index (χ1) is 9.58. The highest BCUT2D eigenvalue weighted by Gasteiger charge is 2.20. The van der Waals surface area contributed by atoms with E-state index in [9.17, 15) is 4.79 Å². The quantitative estimate of drug-likeness (QED) is 0.929. The van der Waals surface area contributed by atoms with Crippen molar-refractivity contribution in [3.8, 4) is 0 Å². The van der Waals surface area contributed by atoms with Crippen molar-refractivity contribution in [1.82, 2.24) is 4.98 Å². The Bertz CT molecular complexity index is 704. The van der Waals surface area contributed by atoms with E-state index in [4.69, 9.17) is 10.1 Å². The van der Waals surface area contributed by atoms with Crippen LogP contribution in [0.3, 0.4) is 0 Å². The van der Waals surface area contributed by atoms with Crippen molar-refractivity contribution < 1.29 is 9.90 Å². The Kier molecular flexibility index (Phi) is 3.20. The lowest BCUT2D eigenvalue weighted by molar-refractivity contribution is -0.136. The summed E-state index contributed by atoms with van der Waals surface area (Å²) < 4.78 is 0. The summed E-state index contributed by atoms with van der Waals surface area (Å²) in [6, 6.07) is 4.23. The summed E-state index contributed by atoms with van der Waals surface area (Å²) in [5, 5.41) is 10.1. The molecule has 2 aromatic rings. The Morgan fingerprint density at radius 2 is 2.10 bits per heavy atom. The van der Waals surface area contributed by atoms with Gasteiger partial charge in [-0.3, -0.25) is 9.78 Å². The molecular formula is C17H19NO2. The van der Waals surface area contributed by atoms with Gasteiger partial charge >= 0.3 is 5.97 Å². The van der Waals surface area contributed by atoms with Gasteiger partial charge in [-0.15, -0.1) is 0 Å². The predicted octanol–water partition coefficient (Wildman–Crippen LogP) is 3.36. The van der Waals surface area contributed by atoms with E-state index in [-0.39, 0.29) is 6.42 Å². The molecule has 1 aromatic carbocycles. The molecule has 3 rings (SSSR count). The van der Waals surface area contributed by atoms with Crippen LogP contribution >= 0.6 is 0 Å². The van der Waals surface area contributed by atoms with Crippen molar-refractivity contribution >= 4 is 16.9 Å². The van der Waals surface area contributed by atoms with Crippen molar-refractivity contribution in [2.24, 2.45) is 0 Å².